The zero-order valence-electron chi connectivity index (χ0n) is 16.3. The van der Waals surface area contributed by atoms with Gasteiger partial charge in [-0.05, 0) is 23.8 Å². The van der Waals surface area contributed by atoms with E-state index in [9.17, 15) is 0 Å². The lowest BCUT2D eigenvalue weighted by molar-refractivity contribution is 0.297. The molecule has 1 aliphatic rings. The van der Waals surface area contributed by atoms with E-state index in [4.69, 9.17) is 14.6 Å². The fraction of sp³-hybridized carbons (Fsp3) is 0.182. The van der Waals surface area contributed by atoms with Crippen LogP contribution in [0.3, 0.4) is 0 Å². The molecule has 3 heterocycles. The average molecular weight is 400 g/mol. The zero-order chi connectivity index (χ0) is 20.2. The smallest absolute Gasteiger partial charge is 0.161 e. The summed E-state index contributed by atoms with van der Waals surface area (Å²) in [6.07, 6.45) is 7.69. The van der Waals surface area contributed by atoms with Gasteiger partial charge in [0.2, 0.25) is 0 Å². The number of benzene rings is 2. The van der Waals surface area contributed by atoms with E-state index >= 15 is 0 Å². The second-order valence-corrected chi connectivity index (χ2v) is 6.91. The number of hydrogen-bond acceptors (Lipinski definition) is 6. The molecular formula is C22H20N6O2. The minimum Gasteiger partial charge on any atom is -0.490 e. The van der Waals surface area contributed by atoms with Gasteiger partial charge in [-0.3, -0.25) is 4.68 Å². The Labute approximate surface area is 173 Å². The first-order valence-electron chi connectivity index (χ1n) is 9.75. The molecule has 0 amide bonds. The van der Waals surface area contributed by atoms with Crippen LogP contribution in [0.4, 0.5) is 0 Å². The fourth-order valence-corrected chi connectivity index (χ4v) is 3.30. The first kappa shape index (κ1) is 18.1. The van der Waals surface area contributed by atoms with Gasteiger partial charge in [0.05, 0.1) is 26.0 Å². The Kier molecular flexibility index (Phi) is 4.95. The SMILES string of the molecule is C(=N/n1cnnc1)/c1cn(Cc2ccccc2)nc1-c1ccc2c(c1)OCCCO2. The minimum absolute atomic E-state index is 0.640. The number of aromatic nitrogens is 5. The van der Waals surface area contributed by atoms with Crippen molar-refractivity contribution >= 4 is 6.21 Å². The Hall–Kier alpha value is -3.94. The van der Waals surface area contributed by atoms with Gasteiger partial charge in [0, 0.05) is 23.7 Å². The van der Waals surface area contributed by atoms with E-state index in [-0.39, 0.29) is 0 Å². The van der Waals surface area contributed by atoms with Crippen molar-refractivity contribution in [3.05, 3.63) is 78.5 Å². The lowest BCUT2D eigenvalue weighted by atomic mass is 10.1. The van der Waals surface area contributed by atoms with Crippen LogP contribution in [0.15, 0.2) is 72.5 Å². The molecule has 4 aromatic rings. The summed E-state index contributed by atoms with van der Waals surface area (Å²) in [6.45, 7) is 1.97. The van der Waals surface area contributed by atoms with E-state index in [1.54, 1.807) is 10.9 Å². The molecule has 5 rings (SSSR count). The van der Waals surface area contributed by atoms with Gasteiger partial charge in [-0.15, -0.1) is 10.2 Å². The topological polar surface area (TPSA) is 79.4 Å². The maximum Gasteiger partial charge on any atom is 0.161 e. The molecule has 0 fully saturated rings. The van der Waals surface area contributed by atoms with E-state index in [1.807, 2.05) is 47.3 Å². The molecule has 2 aromatic carbocycles. The molecule has 0 bridgehead atoms. The number of hydrogen-bond donors (Lipinski definition) is 0. The highest BCUT2D eigenvalue weighted by molar-refractivity contribution is 5.88. The van der Waals surface area contributed by atoms with Crippen molar-refractivity contribution in [1.82, 2.24) is 24.7 Å². The summed E-state index contributed by atoms with van der Waals surface area (Å²) in [4.78, 5) is 0. The van der Waals surface area contributed by atoms with Crippen molar-refractivity contribution in [3.8, 4) is 22.8 Å². The van der Waals surface area contributed by atoms with Crippen LogP contribution in [0.25, 0.3) is 11.3 Å². The van der Waals surface area contributed by atoms with E-state index in [0.717, 1.165) is 34.7 Å². The molecule has 0 N–H and O–H groups in total. The number of nitrogens with zero attached hydrogens (tertiary/aromatic N) is 6. The van der Waals surface area contributed by atoms with E-state index in [1.165, 1.54) is 18.2 Å². The van der Waals surface area contributed by atoms with Gasteiger partial charge in [-0.1, -0.05) is 30.3 Å². The van der Waals surface area contributed by atoms with E-state index < -0.39 is 0 Å². The van der Waals surface area contributed by atoms with Crippen molar-refractivity contribution in [2.45, 2.75) is 13.0 Å². The summed E-state index contributed by atoms with van der Waals surface area (Å²) in [5.74, 6) is 1.50. The molecule has 0 radical (unpaired) electrons. The van der Waals surface area contributed by atoms with Crippen LogP contribution in [0, 0.1) is 0 Å². The third-order valence-corrected chi connectivity index (χ3v) is 4.74. The molecule has 1 aliphatic heterocycles. The second kappa shape index (κ2) is 8.20. The van der Waals surface area contributed by atoms with Crippen molar-refractivity contribution in [1.29, 1.82) is 0 Å². The minimum atomic E-state index is 0.640. The monoisotopic (exact) mass is 400 g/mol. The maximum absolute atomic E-state index is 5.86. The number of fused-ring (bicyclic) bond motifs is 1. The Bertz CT molecular complexity index is 1150. The molecule has 8 heteroatoms. The van der Waals surface area contributed by atoms with Gasteiger partial charge in [-0.25, -0.2) is 4.68 Å². The largest absolute Gasteiger partial charge is 0.490 e. The van der Waals surface area contributed by atoms with E-state index in [0.29, 0.717) is 19.8 Å². The summed E-state index contributed by atoms with van der Waals surface area (Å²) in [6, 6.07) is 16.1. The highest BCUT2D eigenvalue weighted by Gasteiger charge is 2.16. The first-order valence-corrected chi connectivity index (χ1v) is 9.75. The summed E-state index contributed by atoms with van der Waals surface area (Å²) >= 11 is 0. The highest BCUT2D eigenvalue weighted by atomic mass is 16.5. The Morgan fingerprint density at radius 1 is 0.967 bits per heavy atom. The van der Waals surface area contributed by atoms with Crippen LogP contribution in [0.1, 0.15) is 17.5 Å². The van der Waals surface area contributed by atoms with Crippen molar-refractivity contribution in [3.63, 3.8) is 0 Å². The normalized spacial score (nSPS) is 13.5. The molecular weight excluding hydrogens is 380 g/mol. The Morgan fingerprint density at radius 2 is 1.77 bits per heavy atom. The summed E-state index contributed by atoms with van der Waals surface area (Å²) in [5, 5.41) is 16.8. The third-order valence-electron chi connectivity index (χ3n) is 4.74. The summed E-state index contributed by atoms with van der Waals surface area (Å²) in [7, 11) is 0. The lowest BCUT2D eigenvalue weighted by Crippen LogP contribution is -2.00. The van der Waals surface area contributed by atoms with Gasteiger partial charge in [0.1, 0.15) is 18.3 Å². The second-order valence-electron chi connectivity index (χ2n) is 6.91. The molecule has 0 saturated heterocycles. The lowest BCUT2D eigenvalue weighted by Gasteiger charge is -2.08. The quantitative estimate of drug-likeness (QED) is 0.481. The Morgan fingerprint density at radius 3 is 2.60 bits per heavy atom. The molecule has 0 unspecified atom stereocenters. The molecule has 0 aliphatic carbocycles. The zero-order valence-corrected chi connectivity index (χ0v) is 16.3. The molecule has 8 nitrogen and oxygen atoms in total. The number of ether oxygens (including phenoxy) is 2. The van der Waals surface area contributed by atoms with Crippen LogP contribution < -0.4 is 9.47 Å². The van der Waals surface area contributed by atoms with Crippen LogP contribution in [0.5, 0.6) is 11.5 Å². The van der Waals surface area contributed by atoms with Gasteiger partial charge >= 0.3 is 0 Å². The van der Waals surface area contributed by atoms with Crippen LogP contribution in [0.2, 0.25) is 0 Å². The van der Waals surface area contributed by atoms with Gasteiger partial charge in [0.15, 0.2) is 11.5 Å². The molecule has 2 aromatic heterocycles. The van der Waals surface area contributed by atoms with Crippen LogP contribution in [-0.2, 0) is 6.54 Å². The van der Waals surface area contributed by atoms with Crippen molar-refractivity contribution in [2.24, 2.45) is 5.10 Å². The predicted molar refractivity (Wildman–Crippen MR) is 112 cm³/mol. The van der Waals surface area contributed by atoms with Crippen molar-refractivity contribution < 1.29 is 9.47 Å². The van der Waals surface area contributed by atoms with Crippen LogP contribution in [-0.4, -0.2) is 44.1 Å². The third kappa shape index (κ3) is 3.93. The highest BCUT2D eigenvalue weighted by Crippen LogP contribution is 2.34. The maximum atomic E-state index is 5.86. The Balaban J connectivity index is 1.52. The molecule has 30 heavy (non-hydrogen) atoms. The summed E-state index contributed by atoms with van der Waals surface area (Å²) in [5.41, 5.74) is 3.82. The standard InChI is InChI=1S/C22H20N6O2/c1-2-5-17(6-3-1)13-27-14-19(12-25-28-15-23-24-16-28)22(26-27)18-7-8-20-21(11-18)30-10-4-9-29-20/h1-3,5-8,11-12,14-16H,4,9-10,13H2/b25-12-. The van der Waals surface area contributed by atoms with Crippen LogP contribution >= 0.6 is 0 Å². The predicted octanol–water partition coefficient (Wildman–Crippen LogP) is 3.23. The molecule has 0 spiro atoms. The van der Waals surface area contributed by atoms with Crippen molar-refractivity contribution in [2.75, 3.05) is 13.2 Å². The summed E-state index contributed by atoms with van der Waals surface area (Å²) < 4.78 is 15.1. The molecule has 0 saturated carbocycles. The number of rotatable bonds is 5. The fourth-order valence-electron chi connectivity index (χ4n) is 3.30. The van der Waals surface area contributed by atoms with Gasteiger partial charge < -0.3 is 9.47 Å². The average Bonchev–Trinajstić information content (AvgIpc) is 3.37. The molecule has 150 valence electrons. The van der Waals surface area contributed by atoms with Gasteiger partial charge in [-0.2, -0.15) is 10.2 Å². The van der Waals surface area contributed by atoms with E-state index in [2.05, 4.69) is 27.4 Å². The first-order chi connectivity index (χ1) is 14.8. The van der Waals surface area contributed by atoms with Gasteiger partial charge in [0.25, 0.3) is 0 Å². The molecule has 0 atom stereocenters.